The molecule has 3 aliphatic carbocycles. The van der Waals surface area contributed by atoms with Gasteiger partial charge in [0.15, 0.2) is 0 Å². The first-order valence-electron chi connectivity index (χ1n) is 34.3. The fraction of sp³-hybridized carbons (Fsp3) is 0.0625. The second-order valence-electron chi connectivity index (χ2n) is 27.2. The van der Waals surface area contributed by atoms with Gasteiger partial charge in [-0.1, -0.05) is 293 Å². The summed E-state index contributed by atoms with van der Waals surface area (Å²) in [6.45, 7) is 9.29. The van der Waals surface area contributed by atoms with E-state index in [1.165, 1.54) is 100 Å². The van der Waals surface area contributed by atoms with Gasteiger partial charge in [0.05, 0.1) is 16.8 Å². The summed E-state index contributed by atoms with van der Waals surface area (Å²) in [6, 6.07) is 131. The second-order valence-corrected chi connectivity index (χ2v) is 27.2. The van der Waals surface area contributed by atoms with Crippen molar-refractivity contribution < 1.29 is 0 Å². The van der Waals surface area contributed by atoms with Gasteiger partial charge in [-0.2, -0.15) is 0 Å². The van der Waals surface area contributed by atoms with Crippen molar-refractivity contribution in [1.29, 1.82) is 0 Å². The van der Waals surface area contributed by atoms with E-state index in [-0.39, 0.29) is 5.41 Å². The highest BCUT2D eigenvalue weighted by Gasteiger charge is 2.52. The third-order valence-electron chi connectivity index (χ3n) is 21.3. The maximum atomic E-state index is 2.55. The van der Waals surface area contributed by atoms with Gasteiger partial charge >= 0.3 is 0 Å². The summed E-state index contributed by atoms with van der Waals surface area (Å²) in [4.78, 5) is 5.03. The molecule has 18 rings (SSSR count). The molecule has 0 amide bonds. The average Bonchev–Trinajstić information content (AvgIpc) is 1.51. The SMILES string of the molecule is Cc1cc(-c2ccccc2)ccc1N(c1ccc(-c2ccc(-c3ccc(N(c4ccc5c(c4)C(C)(C)c4ccccc4-5)c4ccc5c(c4)C4(c6ccccc6-c6ccccc64)c4ccccc4-5)c(-c4ccccc4)c3)cc2)cc1C)c1ccc(-c2ccccc2)cc1-c1ccccc1. The molecule has 0 aromatic heterocycles. The number of hydrogen-bond acceptors (Lipinski definition) is 2. The van der Waals surface area contributed by atoms with Gasteiger partial charge in [0.2, 0.25) is 0 Å². The van der Waals surface area contributed by atoms with Gasteiger partial charge < -0.3 is 9.80 Å². The summed E-state index contributed by atoms with van der Waals surface area (Å²) >= 11 is 0. The van der Waals surface area contributed by atoms with Gasteiger partial charge in [-0.25, -0.2) is 0 Å². The highest BCUT2D eigenvalue weighted by Crippen LogP contribution is 2.64. The van der Waals surface area contributed by atoms with Crippen molar-refractivity contribution in [1.82, 2.24) is 0 Å². The van der Waals surface area contributed by atoms with Crippen LogP contribution in [0.4, 0.5) is 34.1 Å². The minimum Gasteiger partial charge on any atom is -0.310 e. The predicted octanol–water partition coefficient (Wildman–Crippen LogP) is 25.9. The molecule has 0 atom stereocenters. The van der Waals surface area contributed by atoms with Crippen molar-refractivity contribution in [2.24, 2.45) is 0 Å². The molecule has 1 spiro atoms. The molecule has 15 aromatic carbocycles. The van der Waals surface area contributed by atoms with E-state index in [2.05, 4.69) is 389 Å². The van der Waals surface area contributed by atoms with Gasteiger partial charge in [0.1, 0.15) is 0 Å². The molecule has 0 bridgehead atoms. The Kier molecular flexibility index (Phi) is 13.9. The minimum atomic E-state index is -0.501. The lowest BCUT2D eigenvalue weighted by molar-refractivity contribution is 0.660. The number of aryl methyl sites for hydroxylation is 2. The van der Waals surface area contributed by atoms with E-state index in [9.17, 15) is 0 Å². The molecule has 2 nitrogen and oxygen atoms in total. The van der Waals surface area contributed by atoms with Crippen LogP contribution < -0.4 is 9.80 Å². The summed E-state index contributed by atoms with van der Waals surface area (Å²) in [5.41, 5.74) is 38.2. The maximum absolute atomic E-state index is 2.55. The molecule has 0 radical (unpaired) electrons. The molecule has 15 aromatic rings. The van der Waals surface area contributed by atoms with E-state index < -0.39 is 5.41 Å². The molecule has 2 heteroatoms. The van der Waals surface area contributed by atoms with Gasteiger partial charge in [-0.3, -0.25) is 0 Å². The summed E-state index contributed by atoms with van der Waals surface area (Å²) in [7, 11) is 0. The minimum absolute atomic E-state index is 0.203. The van der Waals surface area contributed by atoms with Crippen LogP contribution in [-0.4, -0.2) is 0 Å². The Morgan fingerprint density at radius 2 is 0.490 bits per heavy atom. The topological polar surface area (TPSA) is 6.48 Å². The molecule has 0 fully saturated rings. The Morgan fingerprint density at radius 1 is 0.194 bits per heavy atom. The van der Waals surface area contributed by atoms with E-state index >= 15 is 0 Å². The zero-order valence-corrected chi connectivity index (χ0v) is 55.4. The molecular formula is C96H70N2. The van der Waals surface area contributed by atoms with E-state index in [0.717, 1.165) is 78.6 Å². The van der Waals surface area contributed by atoms with E-state index in [1.54, 1.807) is 0 Å². The van der Waals surface area contributed by atoms with Crippen molar-refractivity contribution >= 4 is 34.1 Å². The van der Waals surface area contributed by atoms with E-state index in [4.69, 9.17) is 0 Å². The summed E-state index contributed by atoms with van der Waals surface area (Å²) < 4.78 is 0. The van der Waals surface area contributed by atoms with Crippen LogP contribution in [0.3, 0.4) is 0 Å². The third-order valence-corrected chi connectivity index (χ3v) is 21.3. The fourth-order valence-corrected chi connectivity index (χ4v) is 16.7. The highest BCUT2D eigenvalue weighted by atomic mass is 15.2. The number of fused-ring (bicyclic) bond motifs is 13. The first-order valence-corrected chi connectivity index (χ1v) is 34.3. The van der Waals surface area contributed by atoms with E-state index in [0.29, 0.717) is 0 Å². The van der Waals surface area contributed by atoms with Crippen molar-refractivity contribution in [3.63, 3.8) is 0 Å². The second kappa shape index (κ2) is 23.4. The largest absolute Gasteiger partial charge is 0.310 e. The lowest BCUT2D eigenvalue weighted by atomic mass is 9.70. The zero-order valence-electron chi connectivity index (χ0n) is 55.4. The number of nitrogens with zero attached hydrogens (tertiary/aromatic N) is 2. The molecule has 0 unspecified atom stereocenters. The monoisotopic (exact) mass is 1250 g/mol. The van der Waals surface area contributed by atoms with Crippen LogP contribution in [-0.2, 0) is 10.8 Å². The Morgan fingerprint density at radius 3 is 0.908 bits per heavy atom. The van der Waals surface area contributed by atoms with Crippen molar-refractivity contribution in [3.8, 4) is 100 Å². The molecule has 0 saturated heterocycles. The van der Waals surface area contributed by atoms with Crippen LogP contribution in [0, 0.1) is 13.8 Å². The Balaban J connectivity index is 0.754. The standard InChI is InChI=1S/C96H70N2/c1-63-57-71(65-25-9-5-10-26-65)45-53-91(63)98(94-56-48-73(66-27-11-6-12-28-66)59-84(94)70-31-15-8-16-32-70)92-54-46-72(58-64(92)2)67-41-43-68(44-42-67)74-47-55-93(83(60-74)69-29-13-7-14-30-69)97(75-49-51-81-77-33-17-21-37-85(77)95(3,4)89(81)61-75)76-50-52-82-80-36-20-24-40-88(80)96(90(82)62-76)86-38-22-18-34-78(86)79-35-19-23-39-87(79)96/h5-62H,1-4H3. The van der Waals surface area contributed by atoms with Crippen molar-refractivity contribution in [2.45, 2.75) is 38.5 Å². The quantitative estimate of drug-likeness (QED) is 0.120. The van der Waals surface area contributed by atoms with Gasteiger partial charge in [0.25, 0.3) is 0 Å². The van der Waals surface area contributed by atoms with Gasteiger partial charge in [0, 0.05) is 39.3 Å². The molecular weight excluding hydrogens is 1180 g/mol. The normalized spacial score (nSPS) is 13.1. The summed E-state index contributed by atoms with van der Waals surface area (Å²) in [5, 5.41) is 0. The van der Waals surface area contributed by atoms with Crippen molar-refractivity contribution in [2.75, 3.05) is 9.80 Å². The lowest BCUT2D eigenvalue weighted by Crippen LogP contribution is -2.26. The summed E-state index contributed by atoms with van der Waals surface area (Å²) in [6.07, 6.45) is 0. The molecule has 464 valence electrons. The molecule has 0 aliphatic heterocycles. The van der Waals surface area contributed by atoms with E-state index in [1.807, 2.05) is 0 Å². The van der Waals surface area contributed by atoms with Crippen LogP contribution in [0.2, 0.25) is 0 Å². The number of benzene rings is 15. The maximum Gasteiger partial charge on any atom is 0.0726 e. The molecule has 0 saturated carbocycles. The van der Waals surface area contributed by atoms with Crippen LogP contribution in [0.25, 0.3) is 100 Å². The van der Waals surface area contributed by atoms with Crippen LogP contribution in [0.15, 0.2) is 352 Å². The molecule has 98 heavy (non-hydrogen) atoms. The Labute approximate surface area is 575 Å². The van der Waals surface area contributed by atoms with Crippen LogP contribution in [0.1, 0.15) is 58.4 Å². The first-order chi connectivity index (χ1) is 48.2. The van der Waals surface area contributed by atoms with Gasteiger partial charge in [-0.15, -0.1) is 0 Å². The predicted molar refractivity (Wildman–Crippen MR) is 412 cm³/mol. The Hall–Kier alpha value is -12.1. The average molecular weight is 1250 g/mol. The van der Waals surface area contributed by atoms with Crippen LogP contribution >= 0.6 is 0 Å². The number of hydrogen-bond donors (Lipinski definition) is 0. The zero-order chi connectivity index (χ0) is 65.6. The molecule has 3 aliphatic rings. The van der Waals surface area contributed by atoms with Crippen molar-refractivity contribution in [3.05, 3.63) is 396 Å². The third kappa shape index (κ3) is 9.38. The number of rotatable bonds is 12. The summed E-state index contributed by atoms with van der Waals surface area (Å²) in [5.74, 6) is 0. The Bertz CT molecular complexity index is 5550. The van der Waals surface area contributed by atoms with Gasteiger partial charge in [-0.05, 0) is 220 Å². The smallest absolute Gasteiger partial charge is 0.0726 e. The molecule has 0 N–H and O–H groups in total. The van der Waals surface area contributed by atoms with Crippen LogP contribution in [0.5, 0.6) is 0 Å². The first kappa shape index (κ1) is 58.5. The fourth-order valence-electron chi connectivity index (χ4n) is 16.7. The lowest BCUT2D eigenvalue weighted by Gasteiger charge is -2.33. The highest BCUT2D eigenvalue weighted by molar-refractivity contribution is 5.99. The molecule has 0 heterocycles. The number of anilines is 6.